The monoisotopic (exact) mass is 616 g/mol. The molecule has 8 nitrogen and oxygen atoms in total. The van der Waals surface area contributed by atoms with E-state index in [0.717, 1.165) is 37.7 Å². The number of hydrogen-bond acceptors (Lipinski definition) is 4. The molecule has 0 unspecified atom stereocenters. The van der Waals surface area contributed by atoms with E-state index in [4.69, 9.17) is 9.47 Å². The largest absolute Gasteiger partial charge is 0.443 e. The summed E-state index contributed by atoms with van der Waals surface area (Å²) in [4.78, 5) is 30.5. The molecule has 0 aliphatic carbocycles. The first-order chi connectivity index (χ1) is 19.3. The van der Waals surface area contributed by atoms with Crippen LogP contribution in [0.5, 0.6) is 0 Å². The van der Waals surface area contributed by atoms with Crippen molar-refractivity contribution in [1.29, 1.82) is 0 Å². The Kier molecular flexibility index (Phi) is 7.42. The highest BCUT2D eigenvalue weighted by Gasteiger charge is 2.22. The molecular weight excluding hydrogens is 584 g/mol. The average Bonchev–Trinajstić information content (AvgIpc) is 3.43. The van der Waals surface area contributed by atoms with Crippen molar-refractivity contribution in [2.75, 3.05) is 0 Å². The van der Waals surface area contributed by atoms with Crippen molar-refractivity contribution in [3.8, 4) is 5.69 Å². The fourth-order valence-electron chi connectivity index (χ4n) is 4.70. The van der Waals surface area contributed by atoms with E-state index in [1.54, 1.807) is 6.20 Å². The zero-order valence-electron chi connectivity index (χ0n) is 24.0. The molecule has 0 aliphatic heterocycles. The van der Waals surface area contributed by atoms with Gasteiger partial charge in [-0.25, -0.2) is 9.59 Å². The predicted molar refractivity (Wildman–Crippen MR) is 163 cm³/mol. The standard InChI is InChI=1S/C32H33BrN4O4/c1-31(2,3)40-29(38)34-28-36(26-11-7-8-12-27(26)37(28)23-16-14-22(33)15-17-23)20-21-10-9-13-25-24(21)18-19-35(25)30(39)41-32(4,5)6/h7-19H,20H2,1-6H3. The van der Waals surface area contributed by atoms with Gasteiger partial charge in [-0.15, -0.1) is 4.99 Å². The Morgan fingerprint density at radius 3 is 2.07 bits per heavy atom. The number of carbonyl (C=O) groups excluding carboxylic acids is 2. The molecule has 0 fully saturated rings. The van der Waals surface area contributed by atoms with Gasteiger partial charge >= 0.3 is 12.2 Å². The maximum absolute atomic E-state index is 13.1. The highest BCUT2D eigenvalue weighted by molar-refractivity contribution is 9.10. The number of halogens is 1. The van der Waals surface area contributed by atoms with Gasteiger partial charge in [0.25, 0.3) is 0 Å². The Morgan fingerprint density at radius 2 is 1.41 bits per heavy atom. The highest BCUT2D eigenvalue weighted by atomic mass is 79.9. The number of aromatic nitrogens is 3. The maximum Gasteiger partial charge on any atom is 0.437 e. The Morgan fingerprint density at radius 1 is 0.780 bits per heavy atom. The molecule has 5 rings (SSSR count). The summed E-state index contributed by atoms with van der Waals surface area (Å²) in [6.45, 7) is 11.4. The molecule has 1 amide bonds. The Balaban J connectivity index is 1.71. The third-order valence-corrected chi connectivity index (χ3v) is 6.79. The van der Waals surface area contributed by atoms with Crippen molar-refractivity contribution >= 4 is 50.1 Å². The molecule has 0 radical (unpaired) electrons. The summed E-state index contributed by atoms with van der Waals surface area (Å²) in [5.41, 5.74) is 3.42. The number of fused-ring (bicyclic) bond motifs is 2. The number of para-hydroxylation sites is 2. The summed E-state index contributed by atoms with van der Waals surface area (Å²) in [5, 5.41) is 0.898. The first-order valence-electron chi connectivity index (χ1n) is 13.4. The second-order valence-electron chi connectivity index (χ2n) is 11.8. The Hall–Kier alpha value is -4.11. The van der Waals surface area contributed by atoms with E-state index in [2.05, 4.69) is 20.9 Å². The van der Waals surface area contributed by atoms with Gasteiger partial charge in [0.1, 0.15) is 11.2 Å². The van der Waals surface area contributed by atoms with Crippen LogP contribution >= 0.6 is 15.9 Å². The number of rotatable bonds is 3. The van der Waals surface area contributed by atoms with E-state index in [0.29, 0.717) is 12.2 Å². The highest BCUT2D eigenvalue weighted by Crippen LogP contribution is 2.25. The first-order valence-corrected chi connectivity index (χ1v) is 14.2. The maximum atomic E-state index is 13.1. The third-order valence-electron chi connectivity index (χ3n) is 6.27. The summed E-state index contributed by atoms with van der Waals surface area (Å²) in [6.07, 6.45) is 0.607. The lowest BCUT2D eigenvalue weighted by molar-refractivity contribution is 0.0542. The summed E-state index contributed by atoms with van der Waals surface area (Å²) in [5.74, 6) is 0. The third kappa shape index (κ3) is 6.15. The van der Waals surface area contributed by atoms with Crippen LogP contribution in [-0.2, 0) is 16.0 Å². The van der Waals surface area contributed by atoms with Crippen LogP contribution in [0.2, 0.25) is 0 Å². The molecule has 0 atom stereocenters. The first kappa shape index (κ1) is 28.4. The summed E-state index contributed by atoms with van der Waals surface area (Å²) in [6, 6.07) is 23.5. The molecule has 0 saturated heterocycles. The normalized spacial score (nSPS) is 12.7. The number of imidazole rings is 1. The van der Waals surface area contributed by atoms with Crippen molar-refractivity contribution < 1.29 is 19.1 Å². The second kappa shape index (κ2) is 10.7. The predicted octanol–water partition coefficient (Wildman–Crippen LogP) is 7.82. The van der Waals surface area contributed by atoms with Crippen molar-refractivity contribution in [1.82, 2.24) is 13.7 Å². The van der Waals surface area contributed by atoms with E-state index in [1.807, 2.05) is 123 Å². The molecule has 0 bridgehead atoms. The smallest absolute Gasteiger partial charge is 0.437 e. The van der Waals surface area contributed by atoms with Gasteiger partial charge in [0.15, 0.2) is 0 Å². The minimum absolute atomic E-state index is 0.390. The van der Waals surface area contributed by atoms with Gasteiger partial charge in [0.05, 0.1) is 23.1 Å². The van der Waals surface area contributed by atoms with Crippen molar-refractivity contribution in [3.05, 3.63) is 94.6 Å². The number of carbonyl (C=O) groups is 2. The summed E-state index contributed by atoms with van der Waals surface area (Å²) in [7, 11) is 0. The molecule has 41 heavy (non-hydrogen) atoms. The molecule has 9 heteroatoms. The van der Waals surface area contributed by atoms with Gasteiger partial charge in [-0.1, -0.05) is 40.2 Å². The van der Waals surface area contributed by atoms with E-state index >= 15 is 0 Å². The quantitative estimate of drug-likeness (QED) is 0.207. The molecule has 0 saturated carbocycles. The minimum atomic E-state index is -0.698. The zero-order valence-corrected chi connectivity index (χ0v) is 25.6. The van der Waals surface area contributed by atoms with E-state index in [9.17, 15) is 9.59 Å². The number of benzene rings is 3. The van der Waals surface area contributed by atoms with Gasteiger partial charge in [-0.2, -0.15) is 0 Å². The van der Waals surface area contributed by atoms with Crippen LogP contribution in [0.15, 0.2) is 88.5 Å². The molecule has 3 aromatic carbocycles. The Bertz CT molecular complexity index is 1830. The molecule has 0 spiro atoms. The fourth-order valence-corrected chi connectivity index (χ4v) is 4.97. The lowest BCUT2D eigenvalue weighted by Crippen LogP contribution is -2.30. The molecule has 0 N–H and O–H groups in total. The lowest BCUT2D eigenvalue weighted by Gasteiger charge is -2.19. The SMILES string of the molecule is CC(C)(C)OC(=O)N=c1n(Cc2cccc3c2ccn3C(=O)OC(C)(C)C)c2ccccc2n1-c1ccc(Br)cc1. The van der Waals surface area contributed by atoms with Crippen LogP contribution in [0.3, 0.4) is 0 Å². The van der Waals surface area contributed by atoms with Crippen LogP contribution in [0.4, 0.5) is 9.59 Å². The molecule has 212 valence electrons. The van der Waals surface area contributed by atoms with Gasteiger partial charge in [0.2, 0.25) is 5.62 Å². The number of hydrogen-bond donors (Lipinski definition) is 0. The molecule has 0 aliphatic rings. The van der Waals surface area contributed by atoms with Crippen molar-refractivity contribution in [3.63, 3.8) is 0 Å². The van der Waals surface area contributed by atoms with E-state index in [1.165, 1.54) is 4.57 Å². The van der Waals surface area contributed by atoms with Crippen LogP contribution in [0.25, 0.3) is 27.6 Å². The molecular formula is C32H33BrN4O4. The van der Waals surface area contributed by atoms with Gasteiger partial charge in [-0.05, 0) is 95.6 Å². The number of nitrogens with zero attached hydrogens (tertiary/aromatic N) is 4. The molecule has 2 aromatic heterocycles. The fraction of sp³-hybridized carbons (Fsp3) is 0.281. The zero-order chi connectivity index (χ0) is 29.5. The minimum Gasteiger partial charge on any atom is -0.443 e. The average molecular weight is 618 g/mol. The van der Waals surface area contributed by atoms with Gasteiger partial charge < -0.3 is 14.0 Å². The molecule has 5 aromatic rings. The van der Waals surface area contributed by atoms with Crippen LogP contribution in [0, 0.1) is 0 Å². The lowest BCUT2D eigenvalue weighted by atomic mass is 10.1. The number of ether oxygens (including phenoxy) is 2. The van der Waals surface area contributed by atoms with Gasteiger partial charge in [-0.3, -0.25) is 9.13 Å². The van der Waals surface area contributed by atoms with Crippen molar-refractivity contribution in [2.45, 2.75) is 59.3 Å². The molecule has 2 heterocycles. The Labute approximate surface area is 247 Å². The van der Waals surface area contributed by atoms with Crippen LogP contribution in [0.1, 0.15) is 47.1 Å². The second-order valence-corrected chi connectivity index (χ2v) is 12.7. The van der Waals surface area contributed by atoms with E-state index in [-0.39, 0.29) is 0 Å². The van der Waals surface area contributed by atoms with Gasteiger partial charge in [0, 0.05) is 21.7 Å². The number of amides is 1. The van der Waals surface area contributed by atoms with E-state index < -0.39 is 23.4 Å². The summed E-state index contributed by atoms with van der Waals surface area (Å²) < 4.78 is 17.6. The van der Waals surface area contributed by atoms with Crippen molar-refractivity contribution in [2.24, 2.45) is 4.99 Å². The van der Waals surface area contributed by atoms with Crippen LogP contribution < -0.4 is 5.62 Å². The summed E-state index contributed by atoms with van der Waals surface area (Å²) >= 11 is 3.51. The topological polar surface area (TPSA) is 79.8 Å². The van der Waals surface area contributed by atoms with Crippen LogP contribution in [-0.4, -0.2) is 37.1 Å².